The van der Waals surface area contributed by atoms with Crippen LogP contribution in [0.15, 0.2) is 24.3 Å². The zero-order valence-corrected chi connectivity index (χ0v) is 30.4. The summed E-state index contributed by atoms with van der Waals surface area (Å²) in [5, 5.41) is 0. The van der Waals surface area contributed by atoms with E-state index in [0.717, 1.165) is 26.3 Å². The minimum Gasteiger partial charge on any atom is -0.374 e. The lowest BCUT2D eigenvalue weighted by Crippen LogP contribution is -2.30. The maximum absolute atomic E-state index is 6.29. The van der Waals surface area contributed by atoms with E-state index >= 15 is 0 Å². The Balaban J connectivity index is 1.89. The lowest BCUT2D eigenvalue weighted by Gasteiger charge is -2.19. The van der Waals surface area contributed by atoms with Crippen molar-refractivity contribution < 1.29 is 9.47 Å². The molecule has 0 aromatic carbocycles. The summed E-state index contributed by atoms with van der Waals surface area (Å²) in [4.78, 5) is 2.37. The van der Waals surface area contributed by atoms with E-state index in [4.69, 9.17) is 9.47 Å². The van der Waals surface area contributed by atoms with Crippen LogP contribution in [0.4, 0.5) is 0 Å². The number of hydrogen-bond donors (Lipinski definition) is 0. The first-order valence-corrected chi connectivity index (χ1v) is 20.0. The first-order chi connectivity index (χ1) is 21.8. The monoisotopic (exact) mass is 618 g/mol. The van der Waals surface area contributed by atoms with E-state index in [0.29, 0.717) is 0 Å². The van der Waals surface area contributed by atoms with Gasteiger partial charge < -0.3 is 14.4 Å². The van der Waals surface area contributed by atoms with Crippen molar-refractivity contribution in [3.8, 4) is 0 Å². The van der Waals surface area contributed by atoms with E-state index in [2.05, 4.69) is 50.1 Å². The molecule has 0 aromatic heterocycles. The van der Waals surface area contributed by atoms with Gasteiger partial charge in [-0.05, 0) is 71.3 Å². The highest BCUT2D eigenvalue weighted by atomic mass is 16.5. The number of hydrogen-bond acceptors (Lipinski definition) is 3. The summed E-state index contributed by atoms with van der Waals surface area (Å²) >= 11 is 0. The van der Waals surface area contributed by atoms with Gasteiger partial charge in [-0.3, -0.25) is 0 Å². The molecule has 3 heteroatoms. The highest BCUT2D eigenvalue weighted by molar-refractivity contribution is 4.85. The molecule has 260 valence electrons. The van der Waals surface area contributed by atoms with Gasteiger partial charge in [0, 0.05) is 26.3 Å². The molecular formula is C41H79NO2. The molecule has 1 rings (SSSR count). The van der Waals surface area contributed by atoms with Crippen molar-refractivity contribution in [1.29, 1.82) is 0 Å². The van der Waals surface area contributed by atoms with Crippen molar-refractivity contribution in [3.05, 3.63) is 24.3 Å². The Bertz CT molecular complexity index is 566. The molecule has 2 atom stereocenters. The molecule has 2 unspecified atom stereocenters. The van der Waals surface area contributed by atoms with E-state index in [-0.39, 0.29) is 12.2 Å². The van der Waals surface area contributed by atoms with Crippen molar-refractivity contribution in [3.63, 3.8) is 0 Å². The molecule has 0 amide bonds. The van der Waals surface area contributed by atoms with Gasteiger partial charge in [-0.1, -0.05) is 154 Å². The minimum atomic E-state index is 0.250. The highest BCUT2D eigenvalue weighted by Gasteiger charge is 2.32. The van der Waals surface area contributed by atoms with Crippen LogP contribution in [0.2, 0.25) is 0 Å². The Morgan fingerprint density at radius 2 is 0.682 bits per heavy atom. The zero-order chi connectivity index (χ0) is 31.6. The Kier molecular flexibility index (Phi) is 31.7. The van der Waals surface area contributed by atoms with Crippen LogP contribution < -0.4 is 0 Å². The van der Waals surface area contributed by atoms with Gasteiger partial charge >= 0.3 is 0 Å². The van der Waals surface area contributed by atoms with Crippen molar-refractivity contribution in [2.24, 2.45) is 0 Å². The number of nitrogens with zero attached hydrogens (tertiary/aromatic N) is 1. The SMILES string of the molecule is CCCCCCCCCCC/C=C\CCCCCOC1CN(C)CC1OCCCCC/C=C\CCCCCCCCCCC. The van der Waals surface area contributed by atoms with Gasteiger partial charge in [-0.15, -0.1) is 0 Å². The fourth-order valence-corrected chi connectivity index (χ4v) is 6.41. The number of likely N-dealkylation sites (N-methyl/N-ethyl adjacent to an activating group) is 1. The van der Waals surface area contributed by atoms with Gasteiger partial charge in [0.1, 0.15) is 0 Å². The molecule has 0 saturated carbocycles. The second kappa shape index (κ2) is 33.7. The van der Waals surface area contributed by atoms with Crippen LogP contribution in [-0.2, 0) is 9.47 Å². The second-order valence-electron chi connectivity index (χ2n) is 13.9. The van der Waals surface area contributed by atoms with E-state index < -0.39 is 0 Å². The fraction of sp³-hybridized carbons (Fsp3) is 0.902. The topological polar surface area (TPSA) is 21.7 Å². The molecule has 0 aliphatic carbocycles. The van der Waals surface area contributed by atoms with Gasteiger partial charge in [-0.25, -0.2) is 0 Å². The normalized spacial score (nSPS) is 17.6. The average Bonchev–Trinajstić information content (AvgIpc) is 3.38. The maximum atomic E-state index is 6.29. The molecule has 0 radical (unpaired) electrons. The molecule has 1 aliphatic heterocycles. The van der Waals surface area contributed by atoms with Crippen molar-refractivity contribution >= 4 is 0 Å². The highest BCUT2D eigenvalue weighted by Crippen LogP contribution is 2.18. The first-order valence-electron chi connectivity index (χ1n) is 20.0. The second-order valence-corrected chi connectivity index (χ2v) is 13.9. The molecule has 1 fully saturated rings. The van der Waals surface area contributed by atoms with E-state index in [1.54, 1.807) is 0 Å². The lowest BCUT2D eigenvalue weighted by atomic mass is 10.1. The Morgan fingerprint density at radius 1 is 0.409 bits per heavy atom. The number of unbranched alkanes of at least 4 members (excludes halogenated alkanes) is 24. The number of ether oxygens (including phenoxy) is 2. The van der Waals surface area contributed by atoms with Crippen LogP contribution in [-0.4, -0.2) is 50.5 Å². The molecule has 3 nitrogen and oxygen atoms in total. The number of rotatable bonds is 34. The summed E-state index contributed by atoms with van der Waals surface area (Å²) < 4.78 is 12.6. The third-order valence-electron chi connectivity index (χ3n) is 9.37. The predicted molar refractivity (Wildman–Crippen MR) is 196 cm³/mol. The minimum absolute atomic E-state index is 0.250. The fourth-order valence-electron chi connectivity index (χ4n) is 6.41. The smallest absolute Gasteiger partial charge is 0.0975 e. The molecular weight excluding hydrogens is 538 g/mol. The molecule has 1 heterocycles. The van der Waals surface area contributed by atoms with Gasteiger partial charge in [0.15, 0.2) is 0 Å². The number of likely N-dealkylation sites (tertiary alicyclic amines) is 1. The van der Waals surface area contributed by atoms with Crippen molar-refractivity contribution in [2.75, 3.05) is 33.4 Å². The van der Waals surface area contributed by atoms with Crippen LogP contribution in [0, 0.1) is 0 Å². The third kappa shape index (κ3) is 27.7. The summed E-state index contributed by atoms with van der Waals surface area (Å²) in [5.41, 5.74) is 0. The van der Waals surface area contributed by atoms with Gasteiger partial charge in [0.25, 0.3) is 0 Å². The Hall–Kier alpha value is -0.640. The van der Waals surface area contributed by atoms with Gasteiger partial charge in [0.2, 0.25) is 0 Å². The van der Waals surface area contributed by atoms with E-state index in [9.17, 15) is 0 Å². The van der Waals surface area contributed by atoms with Crippen LogP contribution in [0.25, 0.3) is 0 Å². The van der Waals surface area contributed by atoms with E-state index in [1.165, 1.54) is 180 Å². The molecule has 0 spiro atoms. The molecule has 0 N–H and O–H groups in total. The number of allylic oxidation sites excluding steroid dienone is 4. The summed E-state index contributed by atoms with van der Waals surface area (Å²) in [5.74, 6) is 0. The maximum Gasteiger partial charge on any atom is 0.0975 e. The average molecular weight is 618 g/mol. The summed E-state index contributed by atoms with van der Waals surface area (Å²) in [6.45, 7) is 8.37. The largest absolute Gasteiger partial charge is 0.374 e. The lowest BCUT2D eigenvalue weighted by molar-refractivity contribution is -0.0481. The van der Waals surface area contributed by atoms with Gasteiger partial charge in [0.05, 0.1) is 12.2 Å². The Labute approximate surface area is 277 Å². The van der Waals surface area contributed by atoms with Crippen molar-refractivity contribution in [1.82, 2.24) is 4.90 Å². The van der Waals surface area contributed by atoms with E-state index in [1.807, 2.05) is 0 Å². The summed E-state index contributed by atoms with van der Waals surface area (Å²) in [7, 11) is 2.20. The van der Waals surface area contributed by atoms with Crippen LogP contribution >= 0.6 is 0 Å². The van der Waals surface area contributed by atoms with Crippen LogP contribution in [0.3, 0.4) is 0 Å². The zero-order valence-electron chi connectivity index (χ0n) is 30.4. The van der Waals surface area contributed by atoms with Crippen molar-refractivity contribution in [2.45, 2.75) is 206 Å². The van der Waals surface area contributed by atoms with Gasteiger partial charge in [-0.2, -0.15) is 0 Å². The quantitative estimate of drug-likeness (QED) is 0.0529. The molecule has 0 aromatic rings. The molecule has 1 saturated heterocycles. The Morgan fingerprint density at radius 3 is 1.00 bits per heavy atom. The van der Waals surface area contributed by atoms with Crippen LogP contribution in [0.1, 0.15) is 194 Å². The predicted octanol–water partition coefficient (Wildman–Crippen LogP) is 12.8. The third-order valence-corrected chi connectivity index (χ3v) is 9.37. The molecule has 44 heavy (non-hydrogen) atoms. The summed E-state index contributed by atoms with van der Waals surface area (Å²) in [6, 6.07) is 0. The molecule has 1 aliphatic rings. The summed E-state index contributed by atoms with van der Waals surface area (Å²) in [6.07, 6.45) is 48.1. The first kappa shape index (κ1) is 41.4. The van der Waals surface area contributed by atoms with Crippen LogP contribution in [0.5, 0.6) is 0 Å². The molecule has 0 bridgehead atoms. The standard InChI is InChI=1S/C41H79NO2/c1-4-6-8-10-12-14-16-18-20-22-24-26-28-30-32-34-36-43-40-38-42(3)39-41(40)44-37-35-33-31-29-27-25-23-21-19-17-15-13-11-9-7-5-2/h24-27,40-41H,4-23,28-39H2,1-3H3/b26-24-,27-25-.